The number of benzene rings is 1. The maximum atomic E-state index is 5.19. The number of hydrogen-bond acceptors (Lipinski definition) is 2. The Balaban J connectivity index is 0.000000396. The zero-order chi connectivity index (χ0) is 9.84. The monoisotopic (exact) mass is 244 g/mol. The Hall–Kier alpha value is -0.700. The first-order valence-electron chi connectivity index (χ1n) is 4.33. The number of fused-ring (bicyclic) bond motifs is 1. The molecule has 1 aromatic rings. The lowest BCUT2D eigenvalue weighted by Gasteiger charge is -1.99. The maximum absolute atomic E-state index is 5.19. The molecular formula is C10H13BrO2. The van der Waals surface area contributed by atoms with E-state index in [0.29, 0.717) is 6.79 Å². The summed E-state index contributed by atoms with van der Waals surface area (Å²) in [6.07, 6.45) is 0. The zero-order valence-corrected chi connectivity index (χ0v) is 9.64. The lowest BCUT2D eigenvalue weighted by Crippen LogP contribution is -1.92. The van der Waals surface area contributed by atoms with Crippen molar-refractivity contribution in [1.29, 1.82) is 0 Å². The summed E-state index contributed by atoms with van der Waals surface area (Å²) < 4.78 is 11.4. The number of ether oxygens (including phenoxy) is 2. The van der Waals surface area contributed by atoms with Crippen molar-refractivity contribution < 1.29 is 9.47 Å². The van der Waals surface area contributed by atoms with Crippen LogP contribution in [0.5, 0.6) is 11.5 Å². The van der Waals surface area contributed by atoms with Crippen molar-refractivity contribution in [3.05, 3.63) is 22.2 Å². The normalized spacial score (nSPS) is 12.0. The third-order valence-corrected chi connectivity index (χ3v) is 2.51. The lowest BCUT2D eigenvalue weighted by atomic mass is 10.2. The minimum atomic E-state index is 0.339. The van der Waals surface area contributed by atoms with Gasteiger partial charge in [-0.2, -0.15) is 0 Å². The second-order valence-electron chi connectivity index (χ2n) is 2.45. The highest BCUT2D eigenvalue weighted by Crippen LogP contribution is 2.36. The van der Waals surface area contributed by atoms with Crippen LogP contribution in [-0.4, -0.2) is 6.79 Å². The summed E-state index contributed by atoms with van der Waals surface area (Å²) in [6, 6.07) is 3.89. The van der Waals surface area contributed by atoms with Gasteiger partial charge in [0.05, 0.1) is 0 Å². The van der Waals surface area contributed by atoms with Crippen LogP contribution in [0.15, 0.2) is 16.6 Å². The van der Waals surface area contributed by atoms with Gasteiger partial charge < -0.3 is 9.47 Å². The Morgan fingerprint density at radius 3 is 2.31 bits per heavy atom. The van der Waals surface area contributed by atoms with E-state index in [4.69, 9.17) is 9.47 Å². The van der Waals surface area contributed by atoms with E-state index in [2.05, 4.69) is 15.9 Å². The zero-order valence-electron chi connectivity index (χ0n) is 8.06. The molecule has 3 heteroatoms. The number of halogens is 1. The molecule has 1 aliphatic rings. The van der Waals surface area contributed by atoms with E-state index in [0.717, 1.165) is 21.5 Å². The van der Waals surface area contributed by atoms with Gasteiger partial charge in [-0.05, 0) is 24.6 Å². The van der Waals surface area contributed by atoms with Gasteiger partial charge in [-0.3, -0.25) is 0 Å². The fraction of sp³-hybridized carbons (Fsp3) is 0.400. The minimum absolute atomic E-state index is 0.339. The third-order valence-electron chi connectivity index (χ3n) is 1.65. The summed E-state index contributed by atoms with van der Waals surface area (Å²) in [5.41, 5.74) is 1.16. The molecule has 0 bridgehead atoms. The van der Waals surface area contributed by atoms with Gasteiger partial charge in [0.1, 0.15) is 0 Å². The van der Waals surface area contributed by atoms with Crippen molar-refractivity contribution >= 4 is 15.9 Å². The Morgan fingerprint density at radius 1 is 1.15 bits per heavy atom. The minimum Gasteiger partial charge on any atom is -0.454 e. The second-order valence-corrected chi connectivity index (χ2v) is 3.31. The first kappa shape index (κ1) is 10.4. The molecule has 0 aliphatic carbocycles. The molecule has 0 radical (unpaired) electrons. The molecule has 1 heterocycles. The van der Waals surface area contributed by atoms with Crippen LogP contribution in [0.25, 0.3) is 0 Å². The van der Waals surface area contributed by atoms with E-state index in [-0.39, 0.29) is 0 Å². The first-order valence-corrected chi connectivity index (χ1v) is 5.12. The maximum Gasteiger partial charge on any atom is 0.231 e. The lowest BCUT2D eigenvalue weighted by molar-refractivity contribution is 0.174. The fourth-order valence-corrected chi connectivity index (χ4v) is 1.34. The molecule has 0 N–H and O–H groups in total. The van der Waals surface area contributed by atoms with Gasteiger partial charge in [0.25, 0.3) is 0 Å². The quantitative estimate of drug-likeness (QED) is 0.696. The van der Waals surface area contributed by atoms with Crippen molar-refractivity contribution in [3.63, 3.8) is 0 Å². The molecule has 72 valence electrons. The van der Waals surface area contributed by atoms with E-state index in [9.17, 15) is 0 Å². The van der Waals surface area contributed by atoms with Crippen LogP contribution in [-0.2, 0) is 0 Å². The van der Waals surface area contributed by atoms with Gasteiger partial charge in [-0.1, -0.05) is 29.8 Å². The van der Waals surface area contributed by atoms with Gasteiger partial charge in [0, 0.05) is 4.47 Å². The summed E-state index contributed by atoms with van der Waals surface area (Å²) >= 11 is 3.41. The number of aryl methyl sites for hydroxylation is 1. The second kappa shape index (κ2) is 4.51. The molecule has 13 heavy (non-hydrogen) atoms. The smallest absolute Gasteiger partial charge is 0.231 e. The van der Waals surface area contributed by atoms with Crippen LogP contribution in [0.4, 0.5) is 0 Å². The SMILES string of the molecule is CC.Cc1cc2c(cc1Br)OCO2. The largest absolute Gasteiger partial charge is 0.454 e. The number of rotatable bonds is 0. The Bertz CT molecular complexity index is 268. The summed E-state index contributed by atoms with van der Waals surface area (Å²) in [4.78, 5) is 0. The first-order chi connectivity index (χ1) is 6.27. The van der Waals surface area contributed by atoms with E-state index in [1.54, 1.807) is 0 Å². The van der Waals surface area contributed by atoms with Crippen molar-refractivity contribution in [3.8, 4) is 11.5 Å². The van der Waals surface area contributed by atoms with Crippen LogP contribution in [0.3, 0.4) is 0 Å². The highest BCUT2D eigenvalue weighted by atomic mass is 79.9. The van der Waals surface area contributed by atoms with Crippen LogP contribution < -0.4 is 9.47 Å². The van der Waals surface area contributed by atoms with Crippen molar-refractivity contribution in [2.45, 2.75) is 20.8 Å². The van der Waals surface area contributed by atoms with Gasteiger partial charge in [0.15, 0.2) is 11.5 Å². The Morgan fingerprint density at radius 2 is 1.69 bits per heavy atom. The summed E-state index contributed by atoms with van der Waals surface area (Å²) in [5.74, 6) is 1.66. The van der Waals surface area contributed by atoms with Crippen LogP contribution >= 0.6 is 15.9 Å². The van der Waals surface area contributed by atoms with Crippen molar-refractivity contribution in [2.75, 3.05) is 6.79 Å². The molecule has 0 fully saturated rings. The Labute approximate surface area is 87.0 Å². The Kier molecular flexibility index (Phi) is 3.60. The standard InChI is InChI=1S/C8H7BrO2.C2H6/c1-5-2-7-8(3-6(5)9)11-4-10-7;1-2/h2-3H,4H2,1H3;1-2H3. The van der Waals surface area contributed by atoms with E-state index >= 15 is 0 Å². The van der Waals surface area contributed by atoms with Gasteiger partial charge in [-0.25, -0.2) is 0 Å². The van der Waals surface area contributed by atoms with Crippen LogP contribution in [0.1, 0.15) is 19.4 Å². The molecule has 2 nitrogen and oxygen atoms in total. The van der Waals surface area contributed by atoms with Crippen LogP contribution in [0, 0.1) is 6.92 Å². The van der Waals surface area contributed by atoms with Gasteiger partial charge >= 0.3 is 0 Å². The predicted octanol–water partition coefficient (Wildman–Crippen LogP) is 3.51. The molecule has 0 saturated carbocycles. The predicted molar refractivity (Wildman–Crippen MR) is 56.4 cm³/mol. The molecule has 0 aromatic heterocycles. The van der Waals surface area contributed by atoms with Crippen molar-refractivity contribution in [2.24, 2.45) is 0 Å². The molecule has 0 unspecified atom stereocenters. The average Bonchev–Trinajstić information content (AvgIpc) is 2.56. The molecule has 1 aliphatic heterocycles. The summed E-state index contributed by atoms with van der Waals surface area (Å²) in [7, 11) is 0. The molecule has 0 saturated heterocycles. The van der Waals surface area contributed by atoms with Gasteiger partial charge in [0.2, 0.25) is 6.79 Å². The van der Waals surface area contributed by atoms with Crippen LogP contribution in [0.2, 0.25) is 0 Å². The fourth-order valence-electron chi connectivity index (χ4n) is 1.02. The van der Waals surface area contributed by atoms with Gasteiger partial charge in [-0.15, -0.1) is 0 Å². The average molecular weight is 245 g/mol. The molecule has 0 atom stereocenters. The molecule has 1 aromatic carbocycles. The molecular weight excluding hydrogens is 232 g/mol. The molecule has 0 amide bonds. The summed E-state index contributed by atoms with van der Waals surface area (Å²) in [6.45, 7) is 6.36. The topological polar surface area (TPSA) is 18.5 Å². The molecule has 2 rings (SSSR count). The van der Waals surface area contributed by atoms with E-state index in [1.807, 2.05) is 32.9 Å². The highest BCUT2D eigenvalue weighted by Gasteiger charge is 2.13. The van der Waals surface area contributed by atoms with E-state index < -0.39 is 0 Å². The third kappa shape index (κ3) is 2.15. The van der Waals surface area contributed by atoms with E-state index in [1.165, 1.54) is 0 Å². The summed E-state index contributed by atoms with van der Waals surface area (Å²) in [5, 5.41) is 0. The van der Waals surface area contributed by atoms with Crippen molar-refractivity contribution in [1.82, 2.24) is 0 Å². The molecule has 0 spiro atoms. The highest BCUT2D eigenvalue weighted by molar-refractivity contribution is 9.10. The number of hydrogen-bond donors (Lipinski definition) is 0.